The maximum absolute atomic E-state index is 14.1. The van der Waals surface area contributed by atoms with E-state index in [-0.39, 0.29) is 24.9 Å². The third-order valence-electron chi connectivity index (χ3n) is 7.33. The van der Waals surface area contributed by atoms with E-state index in [0.717, 1.165) is 22.6 Å². The zero-order valence-corrected chi connectivity index (χ0v) is 22.5. The highest BCUT2D eigenvalue weighted by molar-refractivity contribution is 7.16. The van der Waals surface area contributed by atoms with E-state index < -0.39 is 41.2 Å². The lowest BCUT2D eigenvalue weighted by molar-refractivity contribution is -0.143. The van der Waals surface area contributed by atoms with Crippen molar-refractivity contribution in [1.82, 2.24) is 14.8 Å². The van der Waals surface area contributed by atoms with Gasteiger partial charge in [-0.2, -0.15) is 13.2 Å². The summed E-state index contributed by atoms with van der Waals surface area (Å²) in [5.41, 5.74) is 4.58. The number of nitrogens with two attached hydrogens (primary N) is 1. The highest BCUT2D eigenvalue weighted by atomic mass is 35.5. The van der Waals surface area contributed by atoms with Crippen molar-refractivity contribution >= 4 is 40.7 Å². The van der Waals surface area contributed by atoms with Crippen LogP contribution in [0.15, 0.2) is 24.4 Å². The first-order chi connectivity index (χ1) is 18.0. The van der Waals surface area contributed by atoms with Gasteiger partial charge in [-0.3, -0.25) is 19.4 Å². The summed E-state index contributed by atoms with van der Waals surface area (Å²) in [5.74, 6) is -2.04. The first kappa shape index (κ1) is 28.4. The number of likely N-dealkylation sites (tertiary alicyclic amines) is 1. The van der Waals surface area contributed by atoms with Crippen LogP contribution < -0.4 is 5.73 Å². The quantitative estimate of drug-likeness (QED) is 0.493. The lowest BCUT2D eigenvalue weighted by atomic mass is 9.83. The maximum atomic E-state index is 14.1. The van der Waals surface area contributed by atoms with Gasteiger partial charge in [-0.1, -0.05) is 24.9 Å². The van der Waals surface area contributed by atoms with Gasteiger partial charge in [0.25, 0.3) is 5.91 Å². The number of amides is 3. The van der Waals surface area contributed by atoms with Crippen LogP contribution in [0.3, 0.4) is 0 Å². The van der Waals surface area contributed by atoms with Crippen LogP contribution in [0.2, 0.25) is 4.34 Å². The Hall–Kier alpha value is -2.66. The first-order valence-corrected chi connectivity index (χ1v) is 13.9. The van der Waals surface area contributed by atoms with Crippen molar-refractivity contribution in [2.24, 2.45) is 11.7 Å². The molecule has 0 aliphatic carbocycles. The summed E-state index contributed by atoms with van der Waals surface area (Å²) in [4.78, 5) is 47.2. The number of piperidine rings is 1. The Bertz CT molecular complexity index is 1200. The van der Waals surface area contributed by atoms with E-state index in [9.17, 15) is 27.6 Å². The molecule has 2 aromatic rings. The van der Waals surface area contributed by atoms with Gasteiger partial charge in [-0.25, -0.2) is 0 Å². The number of thiophene rings is 1. The van der Waals surface area contributed by atoms with Gasteiger partial charge in [0, 0.05) is 36.6 Å². The zero-order valence-electron chi connectivity index (χ0n) is 21.0. The van der Waals surface area contributed by atoms with Crippen molar-refractivity contribution in [2.75, 3.05) is 13.1 Å². The highest BCUT2D eigenvalue weighted by Gasteiger charge is 2.44. The summed E-state index contributed by atoms with van der Waals surface area (Å²) in [5, 5.41) is 0. The lowest BCUT2D eigenvalue weighted by Gasteiger charge is -2.45. The molecule has 0 bridgehead atoms. The third-order valence-corrected chi connectivity index (χ3v) is 8.67. The number of fused-ring (bicyclic) bond motifs is 1. The minimum absolute atomic E-state index is 0.0922. The molecule has 3 amide bonds. The van der Waals surface area contributed by atoms with Gasteiger partial charge in [-0.15, -0.1) is 11.3 Å². The minimum atomic E-state index is -4.73. The highest BCUT2D eigenvalue weighted by Crippen LogP contribution is 2.42. The lowest BCUT2D eigenvalue weighted by Crippen LogP contribution is -2.55. The fraction of sp³-hybridized carbons (Fsp3) is 0.538. The van der Waals surface area contributed by atoms with E-state index >= 15 is 0 Å². The van der Waals surface area contributed by atoms with Crippen LogP contribution in [-0.4, -0.2) is 51.6 Å². The number of rotatable bonds is 7. The SMILES string of the molecule is CCC[C@@H]1[C@H](C(=O)N2CCc3sc(Cl)cc3C2CCC(N)=O)CCCN1C(=O)c1ncccc1C(F)(F)F. The first-order valence-electron chi connectivity index (χ1n) is 12.7. The smallest absolute Gasteiger partial charge is 0.370 e. The summed E-state index contributed by atoms with van der Waals surface area (Å²) in [6, 6.07) is 2.87. The van der Waals surface area contributed by atoms with E-state index in [1.165, 1.54) is 22.4 Å². The number of carbonyl (C=O) groups is 3. The number of halogens is 4. The number of pyridine rings is 1. The Morgan fingerprint density at radius 3 is 2.66 bits per heavy atom. The van der Waals surface area contributed by atoms with Gasteiger partial charge < -0.3 is 15.5 Å². The maximum Gasteiger partial charge on any atom is 0.418 e. The number of aromatic nitrogens is 1. The molecule has 0 saturated carbocycles. The Balaban J connectivity index is 1.64. The fourth-order valence-corrected chi connectivity index (χ4v) is 7.01. The van der Waals surface area contributed by atoms with Crippen molar-refractivity contribution in [2.45, 2.75) is 70.1 Å². The molecule has 2 aromatic heterocycles. The largest absolute Gasteiger partial charge is 0.418 e. The summed E-state index contributed by atoms with van der Waals surface area (Å²) < 4.78 is 41.6. The molecule has 38 heavy (non-hydrogen) atoms. The summed E-state index contributed by atoms with van der Waals surface area (Å²) in [6.45, 7) is 2.58. The summed E-state index contributed by atoms with van der Waals surface area (Å²) in [6.07, 6.45) is -0.414. The molecule has 2 N–H and O–H groups in total. The van der Waals surface area contributed by atoms with Gasteiger partial charge in [-0.05, 0) is 55.9 Å². The second kappa shape index (κ2) is 11.6. The molecule has 0 aromatic carbocycles. The van der Waals surface area contributed by atoms with E-state index in [4.69, 9.17) is 17.3 Å². The van der Waals surface area contributed by atoms with Crippen LogP contribution in [0, 0.1) is 5.92 Å². The Morgan fingerprint density at radius 2 is 1.97 bits per heavy atom. The number of carbonyl (C=O) groups excluding carboxylic acids is 3. The molecular formula is C26H30ClF3N4O3S. The molecule has 1 saturated heterocycles. The summed E-state index contributed by atoms with van der Waals surface area (Å²) in [7, 11) is 0. The van der Waals surface area contributed by atoms with E-state index in [1.807, 2.05) is 13.0 Å². The molecule has 2 aliphatic rings. The monoisotopic (exact) mass is 570 g/mol. The van der Waals surface area contributed by atoms with Crippen molar-refractivity contribution in [3.05, 3.63) is 50.4 Å². The fourth-order valence-electron chi connectivity index (χ4n) is 5.69. The molecule has 4 heterocycles. The molecule has 2 aliphatic heterocycles. The standard InChI is InChI=1S/C26H30ClF3N4O3S/c1-2-5-18-15(6-4-12-33(18)25(37)23-17(26(28,29)30)7-3-11-32-23)24(36)34-13-10-20-16(14-21(27)38-20)19(34)8-9-22(31)35/h3,7,11,14-15,18-19H,2,4-6,8-10,12-13H2,1H3,(H2,31,35)/t15-,18-,19?/m1/s1. The Labute approximate surface area is 228 Å². The van der Waals surface area contributed by atoms with Gasteiger partial charge in [0.15, 0.2) is 0 Å². The van der Waals surface area contributed by atoms with Crippen molar-refractivity contribution in [1.29, 1.82) is 0 Å². The van der Waals surface area contributed by atoms with E-state index in [2.05, 4.69) is 4.98 Å². The zero-order chi connectivity index (χ0) is 27.6. The predicted molar refractivity (Wildman–Crippen MR) is 138 cm³/mol. The van der Waals surface area contributed by atoms with Crippen molar-refractivity contribution in [3.8, 4) is 0 Å². The average molecular weight is 571 g/mol. The third kappa shape index (κ3) is 5.83. The number of hydrogen-bond acceptors (Lipinski definition) is 5. The van der Waals surface area contributed by atoms with Gasteiger partial charge in [0.1, 0.15) is 5.69 Å². The van der Waals surface area contributed by atoms with Gasteiger partial charge in [0.2, 0.25) is 11.8 Å². The molecule has 1 unspecified atom stereocenters. The van der Waals surface area contributed by atoms with Crippen LogP contribution in [0.4, 0.5) is 13.2 Å². The number of alkyl halides is 3. The van der Waals surface area contributed by atoms with Gasteiger partial charge in [0.05, 0.1) is 21.9 Å². The molecule has 1 fully saturated rings. The molecule has 7 nitrogen and oxygen atoms in total. The predicted octanol–water partition coefficient (Wildman–Crippen LogP) is 5.23. The van der Waals surface area contributed by atoms with Crippen LogP contribution in [-0.2, 0) is 22.2 Å². The van der Waals surface area contributed by atoms with E-state index in [1.54, 1.807) is 4.90 Å². The molecule has 3 atom stereocenters. The molecule has 0 radical (unpaired) electrons. The molecule has 0 spiro atoms. The Morgan fingerprint density at radius 1 is 1.21 bits per heavy atom. The van der Waals surface area contributed by atoms with Crippen LogP contribution in [0.5, 0.6) is 0 Å². The van der Waals surface area contributed by atoms with Gasteiger partial charge >= 0.3 is 6.18 Å². The number of nitrogens with zero attached hydrogens (tertiary/aromatic N) is 3. The van der Waals surface area contributed by atoms with Crippen molar-refractivity contribution < 1.29 is 27.6 Å². The number of hydrogen-bond donors (Lipinski definition) is 1. The van der Waals surface area contributed by atoms with Crippen LogP contribution in [0.1, 0.15) is 78.0 Å². The summed E-state index contributed by atoms with van der Waals surface area (Å²) >= 11 is 7.72. The molecular weight excluding hydrogens is 541 g/mol. The molecule has 12 heteroatoms. The second-order valence-corrected chi connectivity index (χ2v) is 11.5. The van der Waals surface area contributed by atoms with Crippen LogP contribution >= 0.6 is 22.9 Å². The number of primary amides is 1. The molecule has 4 rings (SSSR count). The average Bonchev–Trinajstić information content (AvgIpc) is 3.26. The molecule has 206 valence electrons. The normalized spacial score (nSPS) is 21.8. The van der Waals surface area contributed by atoms with E-state index in [0.29, 0.717) is 49.4 Å². The minimum Gasteiger partial charge on any atom is -0.370 e. The van der Waals surface area contributed by atoms with Crippen molar-refractivity contribution in [3.63, 3.8) is 0 Å². The Kier molecular flexibility index (Phi) is 8.66. The topological polar surface area (TPSA) is 96.6 Å². The second-order valence-electron chi connectivity index (χ2n) is 9.73. The van der Waals surface area contributed by atoms with Crippen LogP contribution in [0.25, 0.3) is 0 Å².